The van der Waals surface area contributed by atoms with Gasteiger partial charge in [-0.3, -0.25) is 14.4 Å². The second-order valence-corrected chi connectivity index (χ2v) is 15.0. The highest BCUT2D eigenvalue weighted by Crippen LogP contribution is 2.75. The van der Waals surface area contributed by atoms with Gasteiger partial charge in [0.05, 0.1) is 12.2 Å². The molecule has 4 fully saturated rings. The minimum absolute atomic E-state index is 0.0304. The van der Waals surface area contributed by atoms with E-state index in [-0.39, 0.29) is 74.0 Å². The number of hydrogen-bond donors (Lipinski definition) is 0. The van der Waals surface area contributed by atoms with Crippen LogP contribution in [-0.2, 0) is 19.1 Å². The lowest BCUT2D eigenvalue weighted by atomic mass is 9.32. The zero-order chi connectivity index (χ0) is 27.2. The topological polar surface area (TPSA) is 84.2 Å². The number of carbonyl (C=O) groups excluding carboxylic acids is 3. The summed E-state index contributed by atoms with van der Waals surface area (Å²) in [4.78, 5) is 39.2. The summed E-state index contributed by atoms with van der Waals surface area (Å²) in [6, 6.07) is 2.19. The molecule has 9 unspecified atom stereocenters. The summed E-state index contributed by atoms with van der Waals surface area (Å²) in [6.07, 6.45) is 9.48. The number of Topliss-reactive ketones (excluding diaryl/α,β-unsaturated/α-hetero) is 2. The first kappa shape index (κ1) is 26.6. The van der Waals surface area contributed by atoms with Gasteiger partial charge in [0.1, 0.15) is 11.9 Å². The number of ether oxygens (including phenoxy) is 1. The number of hydrogen-bond acceptors (Lipinski definition) is 5. The SMILES string of the molecule is CC(=O)OCC12CCC(C)(C)CC1C1C(=O)CC3C4(C)C=C(C#N)C(=O)C(C)C4CCC3(C)C1(C)CC2. The Balaban J connectivity index is 1.60. The average Bonchev–Trinajstić information content (AvgIpc) is 2.82. The highest BCUT2D eigenvalue weighted by molar-refractivity contribution is 6.01. The number of nitrogens with zero attached hydrogens (tertiary/aromatic N) is 1. The van der Waals surface area contributed by atoms with Gasteiger partial charge < -0.3 is 4.74 Å². The molecule has 0 spiro atoms. The molecule has 4 saturated carbocycles. The van der Waals surface area contributed by atoms with Crippen LogP contribution in [-0.4, -0.2) is 24.1 Å². The first-order chi connectivity index (χ1) is 17.1. The third-order valence-electron chi connectivity index (χ3n) is 12.9. The second-order valence-electron chi connectivity index (χ2n) is 15.0. The van der Waals surface area contributed by atoms with Crippen LogP contribution in [0.3, 0.4) is 0 Å². The fourth-order valence-electron chi connectivity index (χ4n) is 10.5. The van der Waals surface area contributed by atoms with E-state index >= 15 is 0 Å². The summed E-state index contributed by atoms with van der Waals surface area (Å²) in [6.45, 7) is 15.6. The molecule has 0 aromatic carbocycles. The molecule has 5 aliphatic rings. The number of fused-ring (bicyclic) bond motifs is 7. The van der Waals surface area contributed by atoms with Crippen LogP contribution >= 0.6 is 0 Å². The monoisotopic (exact) mass is 507 g/mol. The van der Waals surface area contributed by atoms with Gasteiger partial charge in [0.15, 0.2) is 5.78 Å². The molecule has 5 aliphatic carbocycles. The fraction of sp³-hybridized carbons (Fsp3) is 0.812. The van der Waals surface area contributed by atoms with Gasteiger partial charge in [-0.25, -0.2) is 0 Å². The predicted molar refractivity (Wildman–Crippen MR) is 141 cm³/mol. The van der Waals surface area contributed by atoms with Gasteiger partial charge in [0.2, 0.25) is 0 Å². The Morgan fingerprint density at radius 3 is 2.35 bits per heavy atom. The molecule has 9 atom stereocenters. The number of carbonyl (C=O) groups is 3. The maximum absolute atomic E-state index is 14.4. The van der Waals surface area contributed by atoms with E-state index in [9.17, 15) is 19.6 Å². The molecule has 0 bridgehead atoms. The maximum Gasteiger partial charge on any atom is 0.302 e. The molecule has 0 amide bonds. The first-order valence-corrected chi connectivity index (χ1v) is 14.5. The van der Waals surface area contributed by atoms with Crippen molar-refractivity contribution in [2.45, 2.75) is 99.8 Å². The largest absolute Gasteiger partial charge is 0.465 e. The van der Waals surface area contributed by atoms with Crippen molar-refractivity contribution >= 4 is 17.5 Å². The lowest BCUT2D eigenvalue weighted by molar-refractivity contribution is -0.224. The van der Waals surface area contributed by atoms with Gasteiger partial charge in [0, 0.05) is 30.6 Å². The van der Waals surface area contributed by atoms with E-state index < -0.39 is 0 Å². The van der Waals surface area contributed by atoms with Crippen molar-refractivity contribution in [3.63, 3.8) is 0 Å². The van der Waals surface area contributed by atoms with Crippen LogP contribution in [0.15, 0.2) is 11.6 Å². The number of allylic oxidation sites excluding steroid dienone is 2. The number of nitriles is 1. The van der Waals surface area contributed by atoms with E-state index in [0.717, 1.165) is 44.9 Å². The fourth-order valence-corrected chi connectivity index (χ4v) is 10.5. The van der Waals surface area contributed by atoms with E-state index in [2.05, 4.69) is 40.7 Å². The van der Waals surface area contributed by atoms with Gasteiger partial charge in [-0.1, -0.05) is 47.6 Å². The summed E-state index contributed by atoms with van der Waals surface area (Å²) in [5, 5.41) is 9.79. The molecule has 0 aromatic heterocycles. The average molecular weight is 508 g/mol. The van der Waals surface area contributed by atoms with Crippen molar-refractivity contribution in [3.8, 4) is 6.07 Å². The van der Waals surface area contributed by atoms with Crippen LogP contribution in [0.1, 0.15) is 99.8 Å². The van der Waals surface area contributed by atoms with Gasteiger partial charge in [-0.15, -0.1) is 0 Å². The summed E-state index contributed by atoms with van der Waals surface area (Å²) >= 11 is 0. The predicted octanol–water partition coefficient (Wildman–Crippen LogP) is 6.46. The number of esters is 1. The van der Waals surface area contributed by atoms with Gasteiger partial charge >= 0.3 is 5.97 Å². The van der Waals surface area contributed by atoms with Crippen molar-refractivity contribution in [2.75, 3.05) is 6.61 Å². The molecule has 202 valence electrons. The molecule has 5 nitrogen and oxygen atoms in total. The molecular weight excluding hydrogens is 462 g/mol. The Hall–Kier alpha value is -1.96. The Morgan fingerprint density at radius 2 is 1.70 bits per heavy atom. The summed E-state index contributed by atoms with van der Waals surface area (Å²) in [7, 11) is 0. The van der Waals surface area contributed by atoms with Gasteiger partial charge in [-0.2, -0.15) is 5.26 Å². The zero-order valence-electron chi connectivity index (χ0n) is 23.9. The van der Waals surface area contributed by atoms with Crippen molar-refractivity contribution in [3.05, 3.63) is 11.6 Å². The lowest BCUT2D eigenvalue weighted by Gasteiger charge is -2.71. The van der Waals surface area contributed by atoms with Crippen LogP contribution in [0, 0.1) is 68.0 Å². The third-order valence-corrected chi connectivity index (χ3v) is 12.9. The van der Waals surface area contributed by atoms with Crippen LogP contribution in [0.4, 0.5) is 0 Å². The number of rotatable bonds is 2. The van der Waals surface area contributed by atoms with E-state index in [1.807, 2.05) is 13.0 Å². The normalized spacial score (nSPS) is 48.4. The summed E-state index contributed by atoms with van der Waals surface area (Å²) in [5.74, 6) is 0.363. The minimum Gasteiger partial charge on any atom is -0.465 e. The lowest BCUT2D eigenvalue weighted by Crippen LogP contribution is -2.68. The molecule has 0 radical (unpaired) electrons. The smallest absolute Gasteiger partial charge is 0.302 e. The molecule has 0 N–H and O–H groups in total. The Bertz CT molecular complexity index is 1110. The quantitative estimate of drug-likeness (QED) is 0.401. The molecule has 37 heavy (non-hydrogen) atoms. The Kier molecular flexibility index (Phi) is 5.95. The van der Waals surface area contributed by atoms with Crippen molar-refractivity contribution in [2.24, 2.45) is 56.7 Å². The highest BCUT2D eigenvalue weighted by atomic mass is 16.5. The van der Waals surface area contributed by atoms with Gasteiger partial charge in [-0.05, 0) is 84.4 Å². The molecule has 5 rings (SSSR count). The van der Waals surface area contributed by atoms with E-state index in [1.54, 1.807) is 0 Å². The highest BCUT2D eigenvalue weighted by Gasteiger charge is 2.71. The molecule has 0 aromatic rings. The molecule has 0 aliphatic heterocycles. The van der Waals surface area contributed by atoms with Gasteiger partial charge in [0.25, 0.3) is 0 Å². The summed E-state index contributed by atoms with van der Waals surface area (Å²) < 4.78 is 5.70. The standard InChI is InChI=1S/C32H45NO4/c1-19-22-8-9-30(6)25(29(22,5)15-21(17-33)27(19)36)14-24(35)26-23-16-28(3,4)10-12-32(23,18-37-20(2)34)13-11-31(26,30)7/h15,19,22-23,25-26H,8-14,16,18H2,1-7H3. The second kappa shape index (κ2) is 8.27. The molecule has 0 heterocycles. The van der Waals surface area contributed by atoms with E-state index in [0.29, 0.717) is 18.8 Å². The number of ketones is 2. The zero-order valence-corrected chi connectivity index (χ0v) is 23.9. The maximum atomic E-state index is 14.4. The Labute approximate surface area is 222 Å². The van der Waals surface area contributed by atoms with E-state index in [4.69, 9.17) is 4.74 Å². The molecule has 0 saturated heterocycles. The van der Waals surface area contributed by atoms with Crippen molar-refractivity contribution < 1.29 is 19.1 Å². The van der Waals surface area contributed by atoms with E-state index in [1.165, 1.54) is 6.92 Å². The molecule has 5 heteroatoms. The first-order valence-electron chi connectivity index (χ1n) is 14.5. The van der Waals surface area contributed by atoms with Crippen LogP contribution in [0.2, 0.25) is 0 Å². The van der Waals surface area contributed by atoms with Crippen LogP contribution < -0.4 is 0 Å². The minimum atomic E-state index is -0.340. The van der Waals surface area contributed by atoms with Crippen LogP contribution in [0.25, 0.3) is 0 Å². The third kappa shape index (κ3) is 3.56. The summed E-state index contributed by atoms with van der Waals surface area (Å²) in [5.41, 5.74) is -0.243. The van der Waals surface area contributed by atoms with Crippen molar-refractivity contribution in [1.29, 1.82) is 5.26 Å². The Morgan fingerprint density at radius 1 is 1.03 bits per heavy atom. The van der Waals surface area contributed by atoms with Crippen molar-refractivity contribution in [1.82, 2.24) is 0 Å². The van der Waals surface area contributed by atoms with Crippen LogP contribution in [0.5, 0.6) is 0 Å². The molecular formula is C32H45NO4.